The summed E-state index contributed by atoms with van der Waals surface area (Å²) in [5, 5.41) is 9.30. The number of hydrogen-bond acceptors (Lipinski definition) is 3. The molecule has 1 aromatic rings. The fraction of sp³-hybridized carbons (Fsp3) is 0.286. The molecule has 0 aromatic heterocycles. The smallest absolute Gasteiger partial charge is 0.261 e. The van der Waals surface area contributed by atoms with Gasteiger partial charge in [0.05, 0.1) is 23.8 Å². The van der Waals surface area contributed by atoms with Gasteiger partial charge < -0.3 is 5.11 Å². The summed E-state index contributed by atoms with van der Waals surface area (Å²) in [5.41, 5.74) is 1.44. The Balaban J connectivity index is 2.41. The molecule has 0 saturated heterocycles. The van der Waals surface area contributed by atoms with Crippen LogP contribution in [-0.2, 0) is 0 Å². The van der Waals surface area contributed by atoms with E-state index >= 15 is 0 Å². The lowest BCUT2D eigenvalue weighted by atomic mass is 10.1. The van der Waals surface area contributed by atoms with Crippen LogP contribution in [0.5, 0.6) is 0 Å². The molecule has 1 aliphatic rings. The number of rotatable bonds is 2. The van der Waals surface area contributed by atoms with Crippen molar-refractivity contribution in [1.29, 1.82) is 0 Å². The quantitative estimate of drug-likeness (QED) is 0.623. The van der Waals surface area contributed by atoms with E-state index in [0.717, 1.165) is 4.90 Å². The molecule has 1 unspecified atom stereocenters. The number of carbonyl (C=O) groups is 2. The van der Waals surface area contributed by atoms with E-state index in [2.05, 4.69) is 11.8 Å². The number of carbonyl (C=O) groups excluding carboxylic acids is 2. The number of β-amino-alcohol motifs (C(OH)–C–C–N with tert-alkyl or cyclic N) is 1. The molecule has 92 valence electrons. The largest absolute Gasteiger partial charge is 0.392 e. The van der Waals surface area contributed by atoms with Crippen LogP contribution >= 0.6 is 0 Å². The Hall–Kier alpha value is -2.12. The van der Waals surface area contributed by atoms with E-state index in [-0.39, 0.29) is 18.4 Å². The van der Waals surface area contributed by atoms with Gasteiger partial charge in [0.2, 0.25) is 0 Å². The minimum Gasteiger partial charge on any atom is -0.392 e. The van der Waals surface area contributed by atoms with E-state index in [0.29, 0.717) is 16.7 Å². The van der Waals surface area contributed by atoms with E-state index in [1.165, 1.54) is 6.92 Å². The molecule has 2 amide bonds. The third kappa shape index (κ3) is 2.01. The van der Waals surface area contributed by atoms with Gasteiger partial charge in [0.15, 0.2) is 0 Å². The van der Waals surface area contributed by atoms with Gasteiger partial charge in [-0.1, -0.05) is 5.92 Å². The van der Waals surface area contributed by atoms with Crippen molar-refractivity contribution in [2.75, 3.05) is 6.54 Å². The highest BCUT2D eigenvalue weighted by Crippen LogP contribution is 2.23. The van der Waals surface area contributed by atoms with E-state index in [1.807, 2.05) is 0 Å². The van der Waals surface area contributed by atoms with Crippen molar-refractivity contribution in [1.82, 2.24) is 4.90 Å². The SMILES string of the molecule is CC#Cc1ccc2c(c1)C(=O)N(CC(C)O)C2=O. The molecule has 18 heavy (non-hydrogen) atoms. The normalized spacial score (nSPS) is 15.2. The lowest BCUT2D eigenvalue weighted by Crippen LogP contribution is -2.35. The minimum atomic E-state index is -0.734. The highest BCUT2D eigenvalue weighted by atomic mass is 16.3. The van der Waals surface area contributed by atoms with Crippen LogP contribution in [0.1, 0.15) is 40.1 Å². The first kappa shape index (κ1) is 12.3. The second kappa shape index (κ2) is 4.63. The third-order valence-electron chi connectivity index (χ3n) is 2.69. The summed E-state index contributed by atoms with van der Waals surface area (Å²) < 4.78 is 0. The molecule has 2 rings (SSSR count). The van der Waals surface area contributed by atoms with E-state index in [4.69, 9.17) is 0 Å². The van der Waals surface area contributed by atoms with E-state index in [1.54, 1.807) is 25.1 Å². The maximum atomic E-state index is 12.0. The molecular weight excluding hydrogens is 230 g/mol. The molecule has 1 atom stereocenters. The van der Waals surface area contributed by atoms with Crippen molar-refractivity contribution in [3.8, 4) is 11.8 Å². The Kier molecular flexibility index (Phi) is 3.17. The first-order valence-electron chi connectivity index (χ1n) is 5.65. The van der Waals surface area contributed by atoms with Crippen molar-refractivity contribution in [2.24, 2.45) is 0 Å². The minimum absolute atomic E-state index is 0.0150. The van der Waals surface area contributed by atoms with Gasteiger partial charge in [0.25, 0.3) is 11.8 Å². The van der Waals surface area contributed by atoms with Gasteiger partial charge >= 0.3 is 0 Å². The topological polar surface area (TPSA) is 57.6 Å². The van der Waals surface area contributed by atoms with Crippen LogP contribution in [0.4, 0.5) is 0 Å². The summed E-state index contributed by atoms with van der Waals surface area (Å²) in [6.07, 6.45) is -0.734. The highest BCUT2D eigenvalue weighted by Gasteiger charge is 2.35. The standard InChI is InChI=1S/C14H13NO3/c1-3-4-10-5-6-11-12(7-10)14(18)15(13(11)17)8-9(2)16/h5-7,9,16H,8H2,1-2H3. The molecule has 0 fully saturated rings. The molecule has 4 nitrogen and oxygen atoms in total. The van der Waals surface area contributed by atoms with Crippen molar-refractivity contribution in [3.05, 3.63) is 34.9 Å². The Morgan fingerprint density at radius 3 is 2.56 bits per heavy atom. The zero-order valence-corrected chi connectivity index (χ0v) is 10.2. The molecule has 1 aromatic carbocycles. The van der Waals surface area contributed by atoms with Gasteiger partial charge in [0.1, 0.15) is 0 Å². The molecule has 0 radical (unpaired) electrons. The lowest BCUT2D eigenvalue weighted by molar-refractivity contribution is 0.0563. The second-order valence-corrected chi connectivity index (χ2v) is 4.21. The summed E-state index contributed by atoms with van der Waals surface area (Å²) in [4.78, 5) is 25.1. The zero-order chi connectivity index (χ0) is 13.3. The molecular formula is C14H13NO3. The van der Waals surface area contributed by atoms with Gasteiger partial charge in [-0.25, -0.2) is 0 Å². The van der Waals surface area contributed by atoms with Crippen LogP contribution in [0, 0.1) is 11.8 Å². The molecule has 0 aliphatic carbocycles. The number of amides is 2. The fourth-order valence-corrected chi connectivity index (χ4v) is 1.94. The van der Waals surface area contributed by atoms with Crippen LogP contribution in [0.15, 0.2) is 18.2 Å². The lowest BCUT2D eigenvalue weighted by Gasteiger charge is -2.15. The van der Waals surface area contributed by atoms with Crippen molar-refractivity contribution in [3.63, 3.8) is 0 Å². The summed E-state index contributed by atoms with van der Waals surface area (Å²) >= 11 is 0. The predicted molar refractivity (Wildman–Crippen MR) is 66.0 cm³/mol. The van der Waals surface area contributed by atoms with Gasteiger partial charge in [-0.15, -0.1) is 5.92 Å². The second-order valence-electron chi connectivity index (χ2n) is 4.21. The molecule has 0 saturated carbocycles. The number of hydrogen-bond donors (Lipinski definition) is 1. The predicted octanol–water partition coefficient (Wildman–Crippen LogP) is 1.03. The highest BCUT2D eigenvalue weighted by molar-refractivity contribution is 6.21. The third-order valence-corrected chi connectivity index (χ3v) is 2.69. The maximum Gasteiger partial charge on any atom is 0.261 e. The summed E-state index contributed by atoms with van der Waals surface area (Å²) in [6.45, 7) is 3.26. The Bertz CT molecular complexity index is 578. The van der Waals surface area contributed by atoms with Gasteiger partial charge in [0, 0.05) is 5.56 Å². The summed E-state index contributed by atoms with van der Waals surface area (Å²) in [6, 6.07) is 4.94. The monoisotopic (exact) mass is 243 g/mol. The summed E-state index contributed by atoms with van der Waals surface area (Å²) in [7, 11) is 0. The Labute approximate surface area is 105 Å². The number of fused-ring (bicyclic) bond motifs is 1. The van der Waals surface area contributed by atoms with Crippen molar-refractivity contribution >= 4 is 11.8 Å². The van der Waals surface area contributed by atoms with Crippen LogP contribution in [-0.4, -0.2) is 34.5 Å². The molecule has 0 bridgehead atoms. The van der Waals surface area contributed by atoms with Gasteiger partial charge in [-0.05, 0) is 32.0 Å². The van der Waals surface area contributed by atoms with E-state index < -0.39 is 6.10 Å². The maximum absolute atomic E-state index is 12.0. The fourth-order valence-electron chi connectivity index (χ4n) is 1.94. The van der Waals surface area contributed by atoms with Crippen LogP contribution < -0.4 is 0 Å². The number of aliphatic hydroxyl groups is 1. The number of imide groups is 1. The number of nitrogens with zero attached hydrogens (tertiary/aromatic N) is 1. The molecule has 0 spiro atoms. The Morgan fingerprint density at radius 1 is 1.28 bits per heavy atom. The average Bonchev–Trinajstić information content (AvgIpc) is 2.55. The van der Waals surface area contributed by atoms with Crippen LogP contribution in [0.3, 0.4) is 0 Å². The first-order valence-corrected chi connectivity index (χ1v) is 5.65. The number of benzene rings is 1. The molecule has 1 aliphatic heterocycles. The summed E-state index contributed by atoms with van der Waals surface area (Å²) in [5.74, 6) is 4.87. The van der Waals surface area contributed by atoms with Crippen molar-refractivity contribution in [2.45, 2.75) is 20.0 Å². The van der Waals surface area contributed by atoms with Crippen LogP contribution in [0.25, 0.3) is 0 Å². The van der Waals surface area contributed by atoms with Gasteiger partial charge in [-0.3, -0.25) is 14.5 Å². The molecule has 1 N–H and O–H groups in total. The van der Waals surface area contributed by atoms with E-state index in [9.17, 15) is 14.7 Å². The van der Waals surface area contributed by atoms with Gasteiger partial charge in [-0.2, -0.15) is 0 Å². The first-order chi connectivity index (χ1) is 8.54. The Morgan fingerprint density at radius 2 is 1.94 bits per heavy atom. The average molecular weight is 243 g/mol. The molecule has 1 heterocycles. The van der Waals surface area contributed by atoms with Crippen molar-refractivity contribution < 1.29 is 14.7 Å². The van der Waals surface area contributed by atoms with Crippen LogP contribution in [0.2, 0.25) is 0 Å². The number of aliphatic hydroxyl groups excluding tert-OH is 1. The molecule has 4 heteroatoms. The zero-order valence-electron chi connectivity index (χ0n) is 10.2.